The van der Waals surface area contributed by atoms with Crippen LogP contribution in [-0.4, -0.2) is 22.5 Å². The summed E-state index contributed by atoms with van der Waals surface area (Å²) in [5, 5.41) is 15.0. The van der Waals surface area contributed by atoms with Gasteiger partial charge >= 0.3 is 0 Å². The average molecular weight is 290 g/mol. The van der Waals surface area contributed by atoms with Gasteiger partial charge in [-0.2, -0.15) is 0 Å². The number of hydrogen-bond acceptors (Lipinski definition) is 4. The van der Waals surface area contributed by atoms with Crippen LogP contribution >= 0.6 is 11.3 Å². The summed E-state index contributed by atoms with van der Waals surface area (Å²) in [6.45, 7) is 1.93. The number of rotatable bonds is 6. The molecule has 0 aromatic carbocycles. The third kappa shape index (κ3) is 4.15. The minimum absolute atomic E-state index is 0.0642. The van der Waals surface area contributed by atoms with Crippen LogP contribution in [0.2, 0.25) is 0 Å². The molecule has 2 aromatic heterocycles. The van der Waals surface area contributed by atoms with Gasteiger partial charge in [0.15, 0.2) is 0 Å². The van der Waals surface area contributed by atoms with Gasteiger partial charge in [0.2, 0.25) is 5.91 Å². The van der Waals surface area contributed by atoms with Crippen molar-refractivity contribution in [3.8, 4) is 0 Å². The van der Waals surface area contributed by atoms with Crippen LogP contribution in [0.4, 0.5) is 0 Å². The summed E-state index contributed by atoms with van der Waals surface area (Å²) < 4.78 is 0. The first-order valence-electron chi connectivity index (χ1n) is 6.50. The SMILES string of the molecule is CC(O)(CNC(=O)CCc1cccnc1)c1cccs1. The third-order valence-corrected chi connectivity index (χ3v) is 4.17. The number of thiophene rings is 1. The van der Waals surface area contributed by atoms with Crippen molar-refractivity contribution in [2.75, 3.05) is 6.54 Å². The number of aromatic nitrogens is 1. The fourth-order valence-electron chi connectivity index (χ4n) is 1.84. The van der Waals surface area contributed by atoms with Crippen molar-refractivity contribution >= 4 is 17.2 Å². The molecule has 0 bridgehead atoms. The van der Waals surface area contributed by atoms with E-state index in [1.54, 1.807) is 19.3 Å². The van der Waals surface area contributed by atoms with Crippen molar-refractivity contribution in [1.29, 1.82) is 0 Å². The number of amides is 1. The molecule has 0 saturated heterocycles. The van der Waals surface area contributed by atoms with Crippen molar-refractivity contribution in [1.82, 2.24) is 10.3 Å². The van der Waals surface area contributed by atoms with Crippen molar-refractivity contribution < 1.29 is 9.90 Å². The second kappa shape index (κ2) is 6.63. The highest BCUT2D eigenvalue weighted by molar-refractivity contribution is 7.10. The van der Waals surface area contributed by atoms with E-state index in [9.17, 15) is 9.90 Å². The van der Waals surface area contributed by atoms with Gasteiger partial charge in [-0.15, -0.1) is 11.3 Å². The molecule has 5 heteroatoms. The summed E-state index contributed by atoms with van der Waals surface area (Å²) >= 11 is 1.48. The topological polar surface area (TPSA) is 62.2 Å². The Morgan fingerprint density at radius 1 is 1.45 bits per heavy atom. The van der Waals surface area contributed by atoms with Crippen LogP contribution in [0.25, 0.3) is 0 Å². The van der Waals surface area contributed by atoms with E-state index in [2.05, 4.69) is 10.3 Å². The van der Waals surface area contributed by atoms with Crippen molar-refractivity contribution in [2.45, 2.75) is 25.4 Å². The highest BCUT2D eigenvalue weighted by Gasteiger charge is 2.24. The van der Waals surface area contributed by atoms with E-state index in [4.69, 9.17) is 0 Å². The van der Waals surface area contributed by atoms with E-state index < -0.39 is 5.60 Å². The lowest BCUT2D eigenvalue weighted by Crippen LogP contribution is -2.38. The first kappa shape index (κ1) is 14.7. The number of carbonyl (C=O) groups excluding carboxylic acids is 1. The molecule has 0 aliphatic heterocycles. The van der Waals surface area contributed by atoms with E-state index in [0.29, 0.717) is 12.8 Å². The molecule has 2 heterocycles. The van der Waals surface area contributed by atoms with Gasteiger partial charge in [-0.1, -0.05) is 12.1 Å². The third-order valence-electron chi connectivity index (χ3n) is 3.05. The van der Waals surface area contributed by atoms with Gasteiger partial charge in [0.25, 0.3) is 0 Å². The van der Waals surface area contributed by atoms with Gasteiger partial charge in [0.05, 0.1) is 6.54 Å². The summed E-state index contributed by atoms with van der Waals surface area (Å²) in [5.41, 5.74) is 0.0191. The van der Waals surface area contributed by atoms with E-state index in [1.807, 2.05) is 29.6 Å². The van der Waals surface area contributed by atoms with Crippen molar-refractivity contribution in [2.24, 2.45) is 0 Å². The maximum absolute atomic E-state index is 11.8. The molecule has 20 heavy (non-hydrogen) atoms. The molecular weight excluding hydrogens is 272 g/mol. The number of aliphatic hydroxyl groups is 1. The first-order valence-corrected chi connectivity index (χ1v) is 7.38. The van der Waals surface area contributed by atoms with E-state index in [0.717, 1.165) is 10.4 Å². The maximum atomic E-state index is 11.8. The molecule has 2 rings (SSSR count). The Morgan fingerprint density at radius 2 is 2.30 bits per heavy atom. The zero-order valence-electron chi connectivity index (χ0n) is 11.4. The van der Waals surface area contributed by atoms with Crippen LogP contribution in [0.15, 0.2) is 42.0 Å². The second-order valence-corrected chi connectivity index (χ2v) is 5.84. The first-order chi connectivity index (χ1) is 9.58. The van der Waals surface area contributed by atoms with Crippen LogP contribution in [0.5, 0.6) is 0 Å². The molecule has 2 N–H and O–H groups in total. The molecule has 0 aliphatic carbocycles. The Bertz CT molecular complexity index is 538. The Labute approximate surface area is 122 Å². The summed E-state index contributed by atoms with van der Waals surface area (Å²) in [6, 6.07) is 7.56. The molecule has 0 saturated carbocycles. The number of carbonyl (C=O) groups is 1. The Kier molecular flexibility index (Phi) is 4.87. The largest absolute Gasteiger partial charge is 0.383 e. The minimum atomic E-state index is -1.02. The summed E-state index contributed by atoms with van der Waals surface area (Å²) in [6.07, 6.45) is 4.52. The number of nitrogens with one attached hydrogen (secondary N) is 1. The van der Waals surface area contributed by atoms with Crippen LogP contribution in [0.3, 0.4) is 0 Å². The minimum Gasteiger partial charge on any atom is -0.383 e. The Hall–Kier alpha value is -1.72. The number of hydrogen-bond donors (Lipinski definition) is 2. The standard InChI is InChI=1S/C15H18N2O2S/c1-15(19,13-5-3-9-20-13)11-17-14(18)7-6-12-4-2-8-16-10-12/h2-5,8-10,19H,6-7,11H2,1H3,(H,17,18). The van der Waals surface area contributed by atoms with Gasteiger partial charge in [-0.3, -0.25) is 9.78 Å². The lowest BCUT2D eigenvalue weighted by Gasteiger charge is -2.22. The number of aryl methyl sites for hydroxylation is 1. The van der Waals surface area contributed by atoms with E-state index >= 15 is 0 Å². The molecule has 1 atom stereocenters. The monoisotopic (exact) mass is 290 g/mol. The zero-order valence-corrected chi connectivity index (χ0v) is 12.2. The van der Waals surface area contributed by atoms with Gasteiger partial charge < -0.3 is 10.4 Å². The summed E-state index contributed by atoms with van der Waals surface area (Å²) in [7, 11) is 0. The average Bonchev–Trinajstić information content (AvgIpc) is 2.99. The van der Waals surface area contributed by atoms with Gasteiger partial charge in [0.1, 0.15) is 5.60 Å². The van der Waals surface area contributed by atoms with Crippen LogP contribution < -0.4 is 5.32 Å². The van der Waals surface area contributed by atoms with E-state index in [-0.39, 0.29) is 12.5 Å². The molecule has 1 amide bonds. The van der Waals surface area contributed by atoms with Crippen molar-refractivity contribution in [3.05, 3.63) is 52.5 Å². The molecule has 0 fully saturated rings. The van der Waals surface area contributed by atoms with E-state index in [1.165, 1.54) is 11.3 Å². The second-order valence-electron chi connectivity index (χ2n) is 4.89. The van der Waals surface area contributed by atoms with Crippen LogP contribution in [-0.2, 0) is 16.8 Å². The van der Waals surface area contributed by atoms with Crippen LogP contribution in [0, 0.1) is 0 Å². The smallest absolute Gasteiger partial charge is 0.220 e. The predicted octanol–water partition coefficient (Wildman–Crippen LogP) is 2.10. The number of nitrogens with zero attached hydrogens (tertiary/aromatic N) is 1. The van der Waals surface area contributed by atoms with Gasteiger partial charge in [0, 0.05) is 23.7 Å². The van der Waals surface area contributed by atoms with Crippen LogP contribution in [0.1, 0.15) is 23.8 Å². The highest BCUT2D eigenvalue weighted by Crippen LogP contribution is 2.24. The molecule has 0 aliphatic rings. The molecule has 0 radical (unpaired) electrons. The molecule has 4 nitrogen and oxygen atoms in total. The normalized spacial score (nSPS) is 13.7. The fraction of sp³-hybridized carbons (Fsp3) is 0.333. The fourth-order valence-corrected chi connectivity index (χ4v) is 2.62. The zero-order chi connectivity index (χ0) is 14.4. The predicted molar refractivity (Wildman–Crippen MR) is 79.5 cm³/mol. The van der Waals surface area contributed by atoms with Gasteiger partial charge in [-0.05, 0) is 36.4 Å². The van der Waals surface area contributed by atoms with Gasteiger partial charge in [-0.25, -0.2) is 0 Å². The lowest BCUT2D eigenvalue weighted by atomic mass is 10.1. The quantitative estimate of drug-likeness (QED) is 0.856. The summed E-state index contributed by atoms with van der Waals surface area (Å²) in [4.78, 5) is 16.7. The summed E-state index contributed by atoms with van der Waals surface area (Å²) in [5.74, 6) is -0.0642. The lowest BCUT2D eigenvalue weighted by molar-refractivity contribution is -0.122. The highest BCUT2D eigenvalue weighted by atomic mass is 32.1. The molecule has 106 valence electrons. The Morgan fingerprint density at radius 3 is 2.95 bits per heavy atom. The number of pyridine rings is 1. The molecule has 1 unspecified atom stereocenters. The Balaban J connectivity index is 1.78. The maximum Gasteiger partial charge on any atom is 0.220 e. The van der Waals surface area contributed by atoms with Crippen molar-refractivity contribution in [3.63, 3.8) is 0 Å². The molecule has 2 aromatic rings. The molecular formula is C15H18N2O2S. The molecule has 0 spiro atoms.